The molecule has 0 radical (unpaired) electrons. The van der Waals surface area contributed by atoms with Gasteiger partial charge in [-0.3, -0.25) is 4.79 Å². The van der Waals surface area contributed by atoms with E-state index >= 15 is 0 Å². The maximum Gasteiger partial charge on any atom is 0.232 e. The lowest BCUT2D eigenvalue weighted by Crippen LogP contribution is -2.25. The van der Waals surface area contributed by atoms with Crippen molar-refractivity contribution in [2.45, 2.75) is 6.42 Å². The molecule has 1 unspecified atom stereocenters. The average Bonchev–Trinajstić information content (AvgIpc) is 2.62. The Morgan fingerprint density at radius 1 is 1.30 bits per heavy atom. The summed E-state index contributed by atoms with van der Waals surface area (Å²) in [5, 5.41) is -0.119. The largest absolute Gasteiger partial charge is 0.310 e. The zero-order valence-electron chi connectivity index (χ0n) is 9.95. The number of hydrogen-bond acceptors (Lipinski definition) is 3. The summed E-state index contributed by atoms with van der Waals surface area (Å²) >= 11 is 5.78. The predicted octanol–water partition coefficient (Wildman–Crippen LogP) is 2.54. The molecule has 0 aliphatic carbocycles. The number of carbonyl (C=O) groups is 1. The molecule has 1 aromatic carbocycles. The molecule has 0 N–H and O–H groups in total. The van der Waals surface area contributed by atoms with Crippen molar-refractivity contribution in [3.05, 3.63) is 28.8 Å². The highest BCUT2D eigenvalue weighted by molar-refractivity contribution is 8.13. The molecule has 1 heterocycles. The molecular formula is C11H9Cl2F2NO3S. The molecule has 9 heteroatoms. The van der Waals surface area contributed by atoms with E-state index in [4.69, 9.17) is 22.3 Å². The van der Waals surface area contributed by atoms with Gasteiger partial charge < -0.3 is 4.90 Å². The number of benzene rings is 1. The van der Waals surface area contributed by atoms with Crippen LogP contribution in [0.2, 0.25) is 5.02 Å². The van der Waals surface area contributed by atoms with Crippen LogP contribution in [0.15, 0.2) is 12.1 Å². The van der Waals surface area contributed by atoms with Crippen LogP contribution in [0.25, 0.3) is 0 Å². The Kier molecular flexibility index (Phi) is 4.22. The molecule has 1 atom stereocenters. The Morgan fingerprint density at radius 2 is 1.90 bits per heavy atom. The van der Waals surface area contributed by atoms with Crippen molar-refractivity contribution in [3.63, 3.8) is 0 Å². The summed E-state index contributed by atoms with van der Waals surface area (Å²) in [7, 11) is 1.40. The number of rotatable bonds is 3. The number of nitrogens with zero attached hydrogens (tertiary/aromatic N) is 1. The quantitative estimate of drug-likeness (QED) is 0.626. The van der Waals surface area contributed by atoms with E-state index in [0.29, 0.717) is 0 Å². The number of anilines is 1. The SMILES string of the molecule is O=C1CC(CS(=O)(=O)Cl)CN1c1cc(F)c(F)cc1Cl. The highest BCUT2D eigenvalue weighted by Gasteiger charge is 2.34. The van der Waals surface area contributed by atoms with Crippen molar-refractivity contribution in [2.75, 3.05) is 17.2 Å². The number of halogens is 4. The summed E-state index contributed by atoms with van der Waals surface area (Å²) in [6.07, 6.45) is -0.0404. The van der Waals surface area contributed by atoms with Gasteiger partial charge in [0.25, 0.3) is 0 Å². The Labute approximate surface area is 123 Å². The van der Waals surface area contributed by atoms with E-state index in [-0.39, 0.29) is 29.4 Å². The minimum atomic E-state index is -3.74. The molecule has 1 aliphatic heterocycles. The number of hydrogen-bond donors (Lipinski definition) is 0. The molecule has 1 aliphatic rings. The van der Waals surface area contributed by atoms with Gasteiger partial charge in [0.05, 0.1) is 16.5 Å². The molecular weight excluding hydrogens is 335 g/mol. The second-order valence-corrected chi connectivity index (χ2v) is 7.73. The lowest BCUT2D eigenvalue weighted by Gasteiger charge is -2.18. The zero-order valence-corrected chi connectivity index (χ0v) is 12.3. The van der Waals surface area contributed by atoms with Gasteiger partial charge in [-0.1, -0.05) is 11.6 Å². The molecule has 0 saturated carbocycles. The van der Waals surface area contributed by atoms with E-state index in [2.05, 4.69) is 0 Å². The highest BCUT2D eigenvalue weighted by Crippen LogP contribution is 2.33. The molecule has 4 nitrogen and oxygen atoms in total. The van der Waals surface area contributed by atoms with E-state index in [1.807, 2.05) is 0 Å². The highest BCUT2D eigenvalue weighted by atomic mass is 35.7. The molecule has 0 bridgehead atoms. The topological polar surface area (TPSA) is 54.5 Å². The summed E-state index contributed by atoms with van der Waals surface area (Å²) in [6, 6.07) is 1.58. The molecule has 0 spiro atoms. The van der Waals surface area contributed by atoms with Crippen LogP contribution in [0.5, 0.6) is 0 Å². The normalized spacial score (nSPS) is 19.7. The molecule has 1 amide bonds. The molecule has 110 valence electrons. The molecule has 1 fully saturated rings. The van der Waals surface area contributed by atoms with Crippen molar-refractivity contribution in [1.82, 2.24) is 0 Å². The molecule has 2 rings (SSSR count). The van der Waals surface area contributed by atoms with Crippen molar-refractivity contribution >= 4 is 42.9 Å². The minimum absolute atomic E-state index is 0.0186. The van der Waals surface area contributed by atoms with Crippen molar-refractivity contribution in [3.8, 4) is 0 Å². The summed E-state index contributed by atoms with van der Waals surface area (Å²) < 4.78 is 48.2. The van der Waals surface area contributed by atoms with Crippen molar-refractivity contribution in [2.24, 2.45) is 5.92 Å². The summed E-state index contributed by atoms with van der Waals surface area (Å²) in [5.41, 5.74) is 0.0186. The van der Waals surface area contributed by atoms with Crippen LogP contribution in [0, 0.1) is 17.6 Å². The number of carbonyl (C=O) groups excluding carboxylic acids is 1. The fourth-order valence-corrected chi connectivity index (χ4v) is 3.70. The first-order valence-electron chi connectivity index (χ1n) is 5.54. The van der Waals surface area contributed by atoms with Gasteiger partial charge in [-0.05, 0) is 6.07 Å². The van der Waals surface area contributed by atoms with Crippen molar-refractivity contribution < 1.29 is 22.0 Å². The first-order chi connectivity index (χ1) is 9.17. The summed E-state index contributed by atoms with van der Waals surface area (Å²) in [6.45, 7) is 0.0373. The zero-order chi connectivity index (χ0) is 15.1. The molecule has 1 saturated heterocycles. The van der Waals surface area contributed by atoms with E-state index in [1.54, 1.807) is 0 Å². The van der Waals surface area contributed by atoms with Gasteiger partial charge in [0, 0.05) is 35.6 Å². The standard InChI is InChI=1S/C11H9Cl2F2NO3S/c12-7-2-8(14)9(15)3-10(7)16-4-6(1-11(16)17)5-20(13,18)19/h2-3,6H,1,4-5H2. The van der Waals surface area contributed by atoms with Gasteiger partial charge >= 0.3 is 0 Å². The first-order valence-corrected chi connectivity index (χ1v) is 8.40. The molecule has 1 aromatic rings. The van der Waals surface area contributed by atoms with Gasteiger partial charge in [0.1, 0.15) is 0 Å². The summed E-state index contributed by atoms with van der Waals surface area (Å²) in [4.78, 5) is 13.0. The van der Waals surface area contributed by atoms with E-state index in [9.17, 15) is 22.0 Å². The van der Waals surface area contributed by atoms with E-state index in [0.717, 1.165) is 17.0 Å². The maximum absolute atomic E-state index is 13.2. The number of amides is 1. The van der Waals surface area contributed by atoms with Crippen LogP contribution >= 0.6 is 22.3 Å². The third-order valence-electron chi connectivity index (χ3n) is 2.92. The molecule has 20 heavy (non-hydrogen) atoms. The van der Waals surface area contributed by atoms with Crippen molar-refractivity contribution in [1.29, 1.82) is 0 Å². The smallest absolute Gasteiger partial charge is 0.232 e. The fraction of sp³-hybridized carbons (Fsp3) is 0.364. The van der Waals surface area contributed by atoms with Gasteiger partial charge in [0.2, 0.25) is 15.0 Å². The Bertz CT molecular complexity index is 666. The Morgan fingerprint density at radius 3 is 2.50 bits per heavy atom. The van der Waals surface area contributed by atoms with Gasteiger partial charge in [-0.25, -0.2) is 17.2 Å². The van der Waals surface area contributed by atoms with Crippen LogP contribution in [-0.2, 0) is 13.8 Å². The Hall–Kier alpha value is -0.920. The van der Waals surface area contributed by atoms with Crippen LogP contribution in [0.1, 0.15) is 6.42 Å². The van der Waals surface area contributed by atoms with Gasteiger partial charge in [0.15, 0.2) is 11.6 Å². The Balaban J connectivity index is 2.26. The van der Waals surface area contributed by atoms with Crippen LogP contribution in [0.3, 0.4) is 0 Å². The predicted molar refractivity (Wildman–Crippen MR) is 71.5 cm³/mol. The second-order valence-electron chi connectivity index (χ2n) is 4.50. The maximum atomic E-state index is 13.2. The monoisotopic (exact) mass is 343 g/mol. The third-order valence-corrected chi connectivity index (χ3v) is 4.47. The van der Waals surface area contributed by atoms with E-state index < -0.39 is 32.5 Å². The van der Waals surface area contributed by atoms with Gasteiger partial charge in [-0.15, -0.1) is 0 Å². The lowest BCUT2D eigenvalue weighted by molar-refractivity contribution is -0.117. The second kappa shape index (κ2) is 5.46. The van der Waals surface area contributed by atoms with Crippen LogP contribution in [-0.4, -0.2) is 26.6 Å². The fourth-order valence-electron chi connectivity index (χ4n) is 2.13. The minimum Gasteiger partial charge on any atom is -0.310 e. The third kappa shape index (κ3) is 3.39. The van der Waals surface area contributed by atoms with Crippen LogP contribution < -0.4 is 4.90 Å². The first kappa shape index (κ1) is 15.5. The van der Waals surface area contributed by atoms with Gasteiger partial charge in [-0.2, -0.15) is 0 Å². The van der Waals surface area contributed by atoms with Crippen LogP contribution in [0.4, 0.5) is 14.5 Å². The molecule has 0 aromatic heterocycles. The average molecular weight is 344 g/mol. The summed E-state index contributed by atoms with van der Waals surface area (Å²) in [5.74, 6) is -3.54. The van der Waals surface area contributed by atoms with E-state index in [1.165, 1.54) is 0 Å². The lowest BCUT2D eigenvalue weighted by atomic mass is 10.1.